The number of ether oxygens (including phenoxy) is 2. The first-order chi connectivity index (χ1) is 10.9. The Morgan fingerprint density at radius 1 is 0.783 bits per heavy atom. The van der Waals surface area contributed by atoms with Crippen LogP contribution in [0.1, 0.15) is 31.8 Å². The van der Waals surface area contributed by atoms with Crippen LogP contribution in [0.25, 0.3) is 0 Å². The number of carbonyl (C=O) groups is 2. The van der Waals surface area contributed by atoms with Crippen LogP contribution in [0, 0.1) is 0 Å². The topological polar surface area (TPSA) is 113 Å². The molecule has 0 aliphatic heterocycles. The van der Waals surface area contributed by atoms with E-state index in [4.69, 9.17) is 9.47 Å². The second-order valence-electron chi connectivity index (χ2n) is 4.90. The highest BCUT2D eigenvalue weighted by Gasteiger charge is 2.39. The third kappa shape index (κ3) is 1.83. The van der Waals surface area contributed by atoms with Crippen LogP contribution in [-0.2, 0) is 0 Å². The Balaban J connectivity index is 2.43. The summed E-state index contributed by atoms with van der Waals surface area (Å²) in [6.45, 7) is 0. The van der Waals surface area contributed by atoms with Crippen molar-refractivity contribution < 1.29 is 34.4 Å². The van der Waals surface area contributed by atoms with Crippen molar-refractivity contribution in [3.63, 3.8) is 0 Å². The zero-order valence-corrected chi connectivity index (χ0v) is 12.2. The zero-order chi connectivity index (χ0) is 16.9. The Hall–Kier alpha value is -3.22. The predicted octanol–water partition coefficient (Wildman–Crippen LogP) is 1.60. The van der Waals surface area contributed by atoms with Crippen LogP contribution in [-0.4, -0.2) is 41.1 Å². The molecule has 0 bridgehead atoms. The van der Waals surface area contributed by atoms with E-state index >= 15 is 0 Å². The Morgan fingerprint density at radius 3 is 2.00 bits per heavy atom. The van der Waals surface area contributed by atoms with Gasteiger partial charge in [-0.15, -0.1) is 0 Å². The molecule has 2 aromatic carbocycles. The zero-order valence-electron chi connectivity index (χ0n) is 12.2. The van der Waals surface area contributed by atoms with E-state index in [1.807, 2.05) is 0 Å². The molecule has 0 saturated carbocycles. The van der Waals surface area contributed by atoms with Gasteiger partial charge >= 0.3 is 0 Å². The number of phenols is 3. The highest BCUT2D eigenvalue weighted by Crippen LogP contribution is 2.51. The molecular formula is C16H12O7. The van der Waals surface area contributed by atoms with Crippen LogP contribution >= 0.6 is 0 Å². The summed E-state index contributed by atoms with van der Waals surface area (Å²) in [6.07, 6.45) is 0. The standard InChI is InChI=1S/C16H12O7/c1-22-15-10-9(13(20)16(23-2)14(15)21)12(19)8-5-6(17)3-4-7(8)11(10)18/h3-5,17,20-21H,1-2H3. The van der Waals surface area contributed by atoms with Crippen molar-refractivity contribution in [1.29, 1.82) is 0 Å². The van der Waals surface area contributed by atoms with Crippen LogP contribution < -0.4 is 9.47 Å². The molecule has 0 fully saturated rings. The summed E-state index contributed by atoms with van der Waals surface area (Å²) in [5, 5.41) is 29.9. The maximum atomic E-state index is 12.7. The van der Waals surface area contributed by atoms with Gasteiger partial charge in [0.05, 0.1) is 25.3 Å². The number of hydrogen-bond acceptors (Lipinski definition) is 7. The van der Waals surface area contributed by atoms with Gasteiger partial charge in [-0.05, 0) is 18.2 Å². The molecule has 0 atom stereocenters. The number of aromatic hydroxyl groups is 3. The summed E-state index contributed by atoms with van der Waals surface area (Å²) in [5.41, 5.74) is -0.582. The van der Waals surface area contributed by atoms with Gasteiger partial charge in [-0.1, -0.05) is 0 Å². The van der Waals surface area contributed by atoms with Gasteiger partial charge in [0.1, 0.15) is 5.75 Å². The maximum Gasteiger partial charge on any atom is 0.207 e. The molecule has 3 N–H and O–H groups in total. The molecule has 1 aliphatic rings. The lowest BCUT2D eigenvalue weighted by Gasteiger charge is -2.22. The van der Waals surface area contributed by atoms with Crippen molar-refractivity contribution in [2.24, 2.45) is 0 Å². The summed E-state index contributed by atoms with van der Waals surface area (Å²) in [7, 11) is 2.41. The Morgan fingerprint density at radius 2 is 1.39 bits per heavy atom. The van der Waals surface area contributed by atoms with Crippen molar-refractivity contribution in [3.8, 4) is 28.7 Å². The summed E-state index contributed by atoms with van der Waals surface area (Å²) in [5.74, 6) is -3.34. The van der Waals surface area contributed by atoms with Crippen molar-refractivity contribution in [2.45, 2.75) is 0 Å². The van der Waals surface area contributed by atoms with Gasteiger partial charge in [-0.3, -0.25) is 9.59 Å². The van der Waals surface area contributed by atoms with E-state index in [-0.39, 0.29) is 39.5 Å². The van der Waals surface area contributed by atoms with Crippen LogP contribution in [0.4, 0.5) is 0 Å². The second-order valence-corrected chi connectivity index (χ2v) is 4.90. The fourth-order valence-corrected chi connectivity index (χ4v) is 2.70. The first-order valence-corrected chi connectivity index (χ1v) is 6.54. The molecule has 0 spiro atoms. The molecule has 23 heavy (non-hydrogen) atoms. The number of fused-ring (bicyclic) bond motifs is 2. The minimum absolute atomic E-state index is 0.0440. The van der Waals surface area contributed by atoms with E-state index in [1.54, 1.807) is 0 Å². The predicted molar refractivity (Wildman–Crippen MR) is 77.8 cm³/mol. The van der Waals surface area contributed by atoms with Gasteiger partial charge in [0.2, 0.25) is 11.5 Å². The van der Waals surface area contributed by atoms with Crippen LogP contribution in [0.2, 0.25) is 0 Å². The number of benzene rings is 2. The quantitative estimate of drug-likeness (QED) is 0.658. The van der Waals surface area contributed by atoms with Crippen molar-refractivity contribution >= 4 is 11.6 Å². The molecule has 3 rings (SSSR count). The minimum Gasteiger partial charge on any atom is -0.508 e. The number of phenolic OH excluding ortho intramolecular Hbond substituents is 3. The summed E-state index contributed by atoms with van der Waals surface area (Å²) < 4.78 is 9.92. The number of methoxy groups -OCH3 is 2. The molecule has 0 radical (unpaired) electrons. The molecular weight excluding hydrogens is 304 g/mol. The van der Waals surface area contributed by atoms with Crippen molar-refractivity contribution in [3.05, 3.63) is 40.5 Å². The van der Waals surface area contributed by atoms with E-state index in [1.165, 1.54) is 26.4 Å². The Kier molecular flexibility index (Phi) is 3.14. The van der Waals surface area contributed by atoms with Crippen molar-refractivity contribution in [2.75, 3.05) is 14.2 Å². The smallest absolute Gasteiger partial charge is 0.207 e. The molecule has 0 amide bonds. The van der Waals surface area contributed by atoms with Gasteiger partial charge in [0, 0.05) is 11.1 Å². The van der Waals surface area contributed by atoms with E-state index in [2.05, 4.69) is 0 Å². The number of ketones is 2. The second kappa shape index (κ2) is 4.91. The van der Waals surface area contributed by atoms with Gasteiger partial charge in [0.15, 0.2) is 23.1 Å². The lowest BCUT2D eigenvalue weighted by atomic mass is 9.82. The summed E-state index contributed by atoms with van der Waals surface area (Å²) in [4.78, 5) is 25.3. The first-order valence-electron chi connectivity index (χ1n) is 6.54. The summed E-state index contributed by atoms with van der Waals surface area (Å²) in [6, 6.07) is 3.71. The fourth-order valence-electron chi connectivity index (χ4n) is 2.70. The van der Waals surface area contributed by atoms with Crippen LogP contribution in [0.5, 0.6) is 28.7 Å². The third-order valence-electron chi connectivity index (χ3n) is 3.71. The third-order valence-corrected chi connectivity index (χ3v) is 3.71. The molecule has 1 aliphatic carbocycles. The first kappa shape index (κ1) is 14.7. The highest BCUT2D eigenvalue weighted by atomic mass is 16.5. The SMILES string of the molecule is COc1c(O)c(OC)c2c(c1O)C(=O)c1cc(O)ccc1C2=O. The van der Waals surface area contributed by atoms with Gasteiger partial charge in [-0.25, -0.2) is 0 Å². The molecule has 0 unspecified atom stereocenters. The van der Waals surface area contributed by atoms with E-state index in [9.17, 15) is 24.9 Å². The average molecular weight is 316 g/mol. The van der Waals surface area contributed by atoms with Crippen molar-refractivity contribution in [1.82, 2.24) is 0 Å². The molecule has 2 aromatic rings. The highest BCUT2D eigenvalue weighted by molar-refractivity contribution is 6.31. The monoisotopic (exact) mass is 316 g/mol. The summed E-state index contributed by atoms with van der Waals surface area (Å²) >= 11 is 0. The average Bonchev–Trinajstić information content (AvgIpc) is 2.52. The number of rotatable bonds is 2. The molecule has 0 heterocycles. The van der Waals surface area contributed by atoms with Gasteiger partial charge < -0.3 is 24.8 Å². The normalized spacial score (nSPS) is 12.6. The van der Waals surface area contributed by atoms with E-state index in [0.29, 0.717) is 0 Å². The lowest BCUT2D eigenvalue weighted by molar-refractivity contribution is 0.0972. The lowest BCUT2D eigenvalue weighted by Crippen LogP contribution is -2.22. The largest absolute Gasteiger partial charge is 0.508 e. The molecule has 7 nitrogen and oxygen atoms in total. The Labute approximate surface area is 130 Å². The number of hydrogen-bond donors (Lipinski definition) is 3. The minimum atomic E-state index is -0.681. The van der Waals surface area contributed by atoms with E-state index < -0.39 is 23.1 Å². The van der Waals surface area contributed by atoms with E-state index in [0.717, 1.165) is 6.07 Å². The van der Waals surface area contributed by atoms with Crippen LogP contribution in [0.3, 0.4) is 0 Å². The molecule has 0 saturated heterocycles. The maximum absolute atomic E-state index is 12.7. The number of carbonyl (C=O) groups excluding carboxylic acids is 2. The fraction of sp³-hybridized carbons (Fsp3) is 0.125. The molecule has 118 valence electrons. The molecule has 7 heteroatoms. The molecule has 0 aromatic heterocycles. The Bertz CT molecular complexity index is 867. The van der Waals surface area contributed by atoms with Gasteiger partial charge in [0.25, 0.3) is 0 Å². The van der Waals surface area contributed by atoms with Crippen LogP contribution in [0.15, 0.2) is 18.2 Å². The van der Waals surface area contributed by atoms with Gasteiger partial charge in [-0.2, -0.15) is 0 Å².